The molecule has 6 N–H and O–H groups in total. The first-order chi connectivity index (χ1) is 21.0. The third-order valence-corrected chi connectivity index (χ3v) is 7.78. The molecule has 0 spiro atoms. The number of halogens is 3. The molecular formula is C31H29F3N8O2. The summed E-state index contributed by atoms with van der Waals surface area (Å²) in [7, 11) is 0. The van der Waals surface area contributed by atoms with Gasteiger partial charge in [0.15, 0.2) is 0 Å². The lowest BCUT2D eigenvalue weighted by atomic mass is 10.00. The molecule has 0 atom stereocenters. The molecule has 1 saturated heterocycles. The number of anilines is 3. The molecule has 0 bridgehead atoms. The van der Waals surface area contributed by atoms with E-state index in [0.29, 0.717) is 52.5 Å². The minimum absolute atomic E-state index is 0.000990. The molecule has 0 saturated carbocycles. The van der Waals surface area contributed by atoms with E-state index in [1.54, 1.807) is 34.4 Å². The number of benzene rings is 3. The third kappa shape index (κ3) is 5.37. The van der Waals surface area contributed by atoms with Crippen LogP contribution in [0.15, 0.2) is 66.9 Å². The Bertz CT molecular complexity index is 1910. The molecule has 1 aliphatic heterocycles. The lowest BCUT2D eigenvalue weighted by Crippen LogP contribution is -2.43. The number of piperidine rings is 1. The van der Waals surface area contributed by atoms with Gasteiger partial charge in [0.2, 0.25) is 0 Å². The average Bonchev–Trinajstić information content (AvgIpc) is 3.35. The van der Waals surface area contributed by atoms with Gasteiger partial charge < -0.3 is 27.0 Å². The largest absolute Gasteiger partial charge is 0.416 e. The number of nitrogens with two attached hydrogens (primary N) is 2. The van der Waals surface area contributed by atoms with Gasteiger partial charge in [0.1, 0.15) is 28.5 Å². The molecule has 0 aliphatic carbocycles. The molecule has 3 heterocycles. The maximum atomic E-state index is 13.5. The molecule has 44 heavy (non-hydrogen) atoms. The molecule has 5 aromatic rings. The predicted octanol–water partition coefficient (Wildman–Crippen LogP) is 5.67. The molecule has 3 aromatic carbocycles. The number of urea groups is 1. The average molecular weight is 603 g/mol. The van der Waals surface area contributed by atoms with Gasteiger partial charge in [0.25, 0.3) is 5.91 Å². The van der Waals surface area contributed by atoms with Crippen LogP contribution in [0.3, 0.4) is 0 Å². The summed E-state index contributed by atoms with van der Waals surface area (Å²) in [5, 5.41) is 6.58. The van der Waals surface area contributed by atoms with Crippen molar-refractivity contribution < 1.29 is 22.8 Å². The molecule has 3 amide bonds. The maximum absolute atomic E-state index is 13.5. The van der Waals surface area contributed by atoms with Crippen LogP contribution in [0.5, 0.6) is 0 Å². The van der Waals surface area contributed by atoms with Gasteiger partial charge in [-0.05, 0) is 49.4 Å². The lowest BCUT2D eigenvalue weighted by molar-refractivity contribution is -0.137. The van der Waals surface area contributed by atoms with Gasteiger partial charge in [-0.1, -0.05) is 36.4 Å². The quantitative estimate of drug-likeness (QED) is 0.209. The van der Waals surface area contributed by atoms with Crippen molar-refractivity contribution in [1.82, 2.24) is 19.3 Å². The Hall–Kier alpha value is -5.17. The lowest BCUT2D eigenvalue weighted by Gasteiger charge is -2.30. The molecular weight excluding hydrogens is 573 g/mol. The van der Waals surface area contributed by atoms with Crippen LogP contribution in [0.1, 0.15) is 34.7 Å². The second-order valence-electron chi connectivity index (χ2n) is 10.7. The zero-order valence-corrected chi connectivity index (χ0v) is 23.7. The summed E-state index contributed by atoms with van der Waals surface area (Å²) in [6, 6.07) is 14.5. The molecule has 226 valence electrons. The van der Waals surface area contributed by atoms with Crippen LogP contribution in [0.2, 0.25) is 0 Å². The van der Waals surface area contributed by atoms with E-state index in [1.807, 2.05) is 18.2 Å². The van der Waals surface area contributed by atoms with E-state index in [0.717, 1.165) is 30.4 Å². The topological polar surface area (TPSA) is 144 Å². The smallest absolute Gasteiger partial charge is 0.382 e. The second kappa shape index (κ2) is 11.2. The Balaban J connectivity index is 1.36. The number of likely N-dealkylation sites (tertiary alicyclic amines) is 1. The van der Waals surface area contributed by atoms with Gasteiger partial charge in [-0.2, -0.15) is 13.2 Å². The van der Waals surface area contributed by atoms with Gasteiger partial charge in [-0.15, -0.1) is 0 Å². The Labute approximate surface area is 249 Å². The fourth-order valence-electron chi connectivity index (χ4n) is 5.59. The number of carbonyl (C=O) groups is 2. The summed E-state index contributed by atoms with van der Waals surface area (Å²) in [6.45, 7) is 2.88. The number of rotatable bonds is 4. The number of carbonyl (C=O) groups excluding carboxylic acids is 2. The van der Waals surface area contributed by atoms with Crippen molar-refractivity contribution in [3.8, 4) is 11.3 Å². The number of amides is 3. The number of hydrogen-bond acceptors (Lipinski definition) is 6. The number of alkyl halides is 3. The Kier molecular flexibility index (Phi) is 7.33. The van der Waals surface area contributed by atoms with E-state index in [4.69, 9.17) is 16.5 Å². The van der Waals surface area contributed by atoms with Gasteiger partial charge in [0.05, 0.1) is 17.4 Å². The van der Waals surface area contributed by atoms with Crippen LogP contribution in [0.4, 0.5) is 35.2 Å². The van der Waals surface area contributed by atoms with Crippen LogP contribution >= 0.6 is 0 Å². The zero-order valence-electron chi connectivity index (χ0n) is 23.7. The Morgan fingerprint density at radius 1 is 0.977 bits per heavy atom. The molecule has 0 radical (unpaired) electrons. The standard InChI is InChI=1S/C31H29F3N8O2/c1-17-38-26(27-28(36)37-16-25(42(17)27)29(43)41-13-11-19(35)12-14-41)23-9-10-24(22-8-3-2-7-21(22)23)40-30(44)39-20-6-4-5-18(15-20)31(32,33)34/h2-10,15-16,19H,11-14,35H2,1H3,(H2,36,37)(H2,39,40,44). The summed E-state index contributed by atoms with van der Waals surface area (Å²) in [4.78, 5) is 37.3. The number of nitrogens with one attached hydrogen (secondary N) is 2. The van der Waals surface area contributed by atoms with Crippen LogP contribution in [0, 0.1) is 6.92 Å². The van der Waals surface area contributed by atoms with E-state index in [1.165, 1.54) is 18.3 Å². The van der Waals surface area contributed by atoms with E-state index >= 15 is 0 Å². The van der Waals surface area contributed by atoms with Crippen molar-refractivity contribution >= 4 is 45.4 Å². The summed E-state index contributed by atoms with van der Waals surface area (Å²) >= 11 is 0. The van der Waals surface area contributed by atoms with Crippen LogP contribution in [-0.4, -0.2) is 50.3 Å². The monoisotopic (exact) mass is 602 g/mol. The highest BCUT2D eigenvalue weighted by Gasteiger charge is 2.31. The normalized spacial score (nSPS) is 14.2. The summed E-state index contributed by atoms with van der Waals surface area (Å²) in [5.74, 6) is 0.565. The van der Waals surface area contributed by atoms with Crippen molar-refractivity contribution in [1.29, 1.82) is 0 Å². The first-order valence-corrected chi connectivity index (χ1v) is 14.0. The van der Waals surface area contributed by atoms with E-state index in [2.05, 4.69) is 15.6 Å². The number of aromatic nitrogens is 3. The molecule has 1 fully saturated rings. The number of nitrogen functional groups attached to an aromatic ring is 1. The van der Waals surface area contributed by atoms with Crippen molar-refractivity contribution in [3.63, 3.8) is 0 Å². The fourth-order valence-corrected chi connectivity index (χ4v) is 5.59. The van der Waals surface area contributed by atoms with Crippen molar-refractivity contribution in [3.05, 3.63) is 83.9 Å². The molecule has 6 rings (SSSR count). The highest BCUT2D eigenvalue weighted by Crippen LogP contribution is 2.37. The minimum Gasteiger partial charge on any atom is -0.382 e. The minimum atomic E-state index is -4.54. The number of imidazole rings is 1. The van der Waals surface area contributed by atoms with Gasteiger partial charge in [0, 0.05) is 35.8 Å². The Morgan fingerprint density at radius 2 is 1.70 bits per heavy atom. The SMILES string of the molecule is Cc1nc(-c2ccc(NC(=O)Nc3cccc(C(F)(F)F)c3)c3ccccc23)c2c(N)ncc(C(=O)N3CCC(N)CC3)n12. The highest BCUT2D eigenvalue weighted by molar-refractivity contribution is 6.11. The van der Waals surface area contributed by atoms with Crippen LogP contribution in [-0.2, 0) is 6.18 Å². The van der Waals surface area contributed by atoms with E-state index in [9.17, 15) is 22.8 Å². The fraction of sp³-hybridized carbons (Fsp3) is 0.226. The van der Waals surface area contributed by atoms with Crippen molar-refractivity contribution in [2.75, 3.05) is 29.5 Å². The summed E-state index contributed by atoms with van der Waals surface area (Å²) < 4.78 is 41.1. The summed E-state index contributed by atoms with van der Waals surface area (Å²) in [5.41, 5.74) is 14.0. The highest BCUT2D eigenvalue weighted by atomic mass is 19.4. The van der Waals surface area contributed by atoms with Crippen molar-refractivity contribution in [2.24, 2.45) is 5.73 Å². The second-order valence-corrected chi connectivity index (χ2v) is 10.7. The molecule has 1 aliphatic rings. The van der Waals surface area contributed by atoms with E-state index < -0.39 is 17.8 Å². The van der Waals surface area contributed by atoms with Gasteiger partial charge in [-0.25, -0.2) is 14.8 Å². The van der Waals surface area contributed by atoms with Gasteiger partial charge >= 0.3 is 12.2 Å². The van der Waals surface area contributed by atoms with Gasteiger partial charge in [-0.3, -0.25) is 9.20 Å². The maximum Gasteiger partial charge on any atom is 0.416 e. The number of aryl methyl sites for hydroxylation is 1. The van der Waals surface area contributed by atoms with Crippen LogP contribution in [0.25, 0.3) is 27.5 Å². The first kappa shape index (κ1) is 28.9. The molecule has 0 unspecified atom stereocenters. The number of nitrogens with zero attached hydrogens (tertiary/aromatic N) is 4. The molecule has 10 nitrogen and oxygen atoms in total. The first-order valence-electron chi connectivity index (χ1n) is 14.0. The zero-order chi connectivity index (χ0) is 31.2. The predicted molar refractivity (Wildman–Crippen MR) is 162 cm³/mol. The van der Waals surface area contributed by atoms with Crippen LogP contribution < -0.4 is 22.1 Å². The molecule has 13 heteroatoms. The number of fused-ring (bicyclic) bond motifs is 2. The summed E-state index contributed by atoms with van der Waals surface area (Å²) in [6.07, 6.45) is -1.64. The van der Waals surface area contributed by atoms with Crippen molar-refractivity contribution in [2.45, 2.75) is 32.0 Å². The molecule has 2 aromatic heterocycles. The number of hydrogen-bond donors (Lipinski definition) is 4. The third-order valence-electron chi connectivity index (χ3n) is 7.78. The Morgan fingerprint density at radius 3 is 2.43 bits per heavy atom. The van der Waals surface area contributed by atoms with E-state index in [-0.39, 0.29) is 23.5 Å².